The Hall–Kier alpha value is -1.40. The van der Waals surface area contributed by atoms with E-state index in [9.17, 15) is 4.79 Å². The predicted octanol–water partition coefficient (Wildman–Crippen LogP) is 1.78. The number of carbonyl (C=O) groups is 1. The Kier molecular flexibility index (Phi) is 5.50. The second-order valence-corrected chi connectivity index (χ2v) is 5.80. The SMILES string of the molecule is CCOc1ccc(N)c(SCC(C)(C)C(=O)NN)c1. The number of nitrogen functional groups attached to an aromatic ring is 1. The number of hydrogen-bond donors (Lipinski definition) is 3. The number of ether oxygens (including phenoxy) is 1. The molecular weight excluding hydrogens is 262 g/mol. The smallest absolute Gasteiger partial charge is 0.240 e. The fourth-order valence-electron chi connectivity index (χ4n) is 1.42. The number of anilines is 1. The molecule has 5 N–H and O–H groups in total. The molecule has 0 aliphatic carbocycles. The summed E-state index contributed by atoms with van der Waals surface area (Å²) in [5.74, 6) is 6.33. The molecule has 0 aliphatic rings. The third-order valence-electron chi connectivity index (χ3n) is 2.63. The van der Waals surface area contributed by atoms with E-state index in [-0.39, 0.29) is 5.91 Å². The molecule has 0 bridgehead atoms. The number of hydrogen-bond acceptors (Lipinski definition) is 5. The lowest BCUT2D eigenvalue weighted by Gasteiger charge is -2.22. The topological polar surface area (TPSA) is 90.4 Å². The third-order valence-corrected chi connectivity index (χ3v) is 4.16. The monoisotopic (exact) mass is 283 g/mol. The molecule has 1 aromatic rings. The van der Waals surface area contributed by atoms with Crippen LogP contribution in [0.15, 0.2) is 23.1 Å². The molecule has 0 radical (unpaired) electrons. The quantitative estimate of drug-likeness (QED) is 0.243. The normalized spacial score (nSPS) is 11.2. The molecule has 0 aliphatic heterocycles. The van der Waals surface area contributed by atoms with Crippen molar-refractivity contribution in [3.05, 3.63) is 18.2 Å². The zero-order valence-corrected chi connectivity index (χ0v) is 12.3. The van der Waals surface area contributed by atoms with E-state index in [2.05, 4.69) is 5.43 Å². The molecule has 0 unspecified atom stereocenters. The summed E-state index contributed by atoms with van der Waals surface area (Å²) in [6.07, 6.45) is 0. The molecule has 0 saturated carbocycles. The number of nitrogens with two attached hydrogens (primary N) is 2. The molecule has 5 nitrogen and oxygen atoms in total. The summed E-state index contributed by atoms with van der Waals surface area (Å²) in [6, 6.07) is 5.53. The van der Waals surface area contributed by atoms with Crippen LogP contribution in [-0.2, 0) is 4.79 Å². The zero-order valence-electron chi connectivity index (χ0n) is 11.5. The van der Waals surface area contributed by atoms with Crippen LogP contribution < -0.4 is 21.7 Å². The lowest BCUT2D eigenvalue weighted by molar-refractivity contribution is -0.128. The average molecular weight is 283 g/mol. The maximum Gasteiger partial charge on any atom is 0.240 e. The maximum atomic E-state index is 11.6. The summed E-state index contributed by atoms with van der Waals surface area (Å²) in [7, 11) is 0. The second-order valence-electron chi connectivity index (χ2n) is 4.78. The molecular formula is C13H21N3O2S. The van der Waals surface area contributed by atoms with Crippen molar-refractivity contribution >= 4 is 23.4 Å². The summed E-state index contributed by atoms with van der Waals surface area (Å²) in [5, 5.41) is 0. The summed E-state index contributed by atoms with van der Waals surface area (Å²) < 4.78 is 5.43. The highest BCUT2D eigenvalue weighted by atomic mass is 32.2. The van der Waals surface area contributed by atoms with Gasteiger partial charge in [-0.3, -0.25) is 10.2 Å². The van der Waals surface area contributed by atoms with Crippen LogP contribution in [0.1, 0.15) is 20.8 Å². The van der Waals surface area contributed by atoms with E-state index in [1.165, 1.54) is 11.8 Å². The van der Waals surface area contributed by atoms with Crippen molar-refractivity contribution in [3.63, 3.8) is 0 Å². The van der Waals surface area contributed by atoms with Crippen LogP contribution in [0.4, 0.5) is 5.69 Å². The van der Waals surface area contributed by atoms with Crippen LogP contribution in [0.25, 0.3) is 0 Å². The fraction of sp³-hybridized carbons (Fsp3) is 0.462. The molecule has 1 aromatic carbocycles. The Balaban J connectivity index is 2.76. The number of thioether (sulfide) groups is 1. The van der Waals surface area contributed by atoms with Gasteiger partial charge in [-0.1, -0.05) is 13.8 Å². The van der Waals surface area contributed by atoms with Gasteiger partial charge in [0.1, 0.15) is 5.75 Å². The summed E-state index contributed by atoms with van der Waals surface area (Å²) >= 11 is 1.52. The Morgan fingerprint density at radius 3 is 2.74 bits per heavy atom. The molecule has 0 heterocycles. The van der Waals surface area contributed by atoms with Crippen molar-refractivity contribution in [3.8, 4) is 5.75 Å². The fourth-order valence-corrected chi connectivity index (χ4v) is 2.50. The van der Waals surface area contributed by atoms with Crippen molar-refractivity contribution < 1.29 is 9.53 Å². The molecule has 0 fully saturated rings. The van der Waals surface area contributed by atoms with E-state index in [0.717, 1.165) is 10.6 Å². The van der Waals surface area contributed by atoms with Crippen molar-refractivity contribution in [1.82, 2.24) is 5.43 Å². The van der Waals surface area contributed by atoms with E-state index in [0.29, 0.717) is 18.0 Å². The highest BCUT2D eigenvalue weighted by Crippen LogP contribution is 2.33. The Morgan fingerprint density at radius 1 is 1.47 bits per heavy atom. The van der Waals surface area contributed by atoms with Gasteiger partial charge in [-0.05, 0) is 25.1 Å². The van der Waals surface area contributed by atoms with E-state index in [1.54, 1.807) is 0 Å². The largest absolute Gasteiger partial charge is 0.494 e. The first-order valence-electron chi connectivity index (χ1n) is 6.07. The first-order chi connectivity index (χ1) is 8.90. The molecule has 1 amide bonds. The van der Waals surface area contributed by atoms with Gasteiger partial charge in [0.05, 0.1) is 12.0 Å². The summed E-state index contributed by atoms with van der Waals surface area (Å²) in [4.78, 5) is 12.5. The minimum absolute atomic E-state index is 0.195. The van der Waals surface area contributed by atoms with Gasteiger partial charge in [-0.25, -0.2) is 5.84 Å². The Bertz CT molecular complexity index is 450. The molecule has 19 heavy (non-hydrogen) atoms. The first-order valence-corrected chi connectivity index (χ1v) is 7.05. The molecule has 0 aromatic heterocycles. The van der Waals surface area contributed by atoms with Crippen LogP contribution in [0.2, 0.25) is 0 Å². The van der Waals surface area contributed by atoms with Crippen LogP contribution in [-0.4, -0.2) is 18.3 Å². The Morgan fingerprint density at radius 2 is 2.16 bits per heavy atom. The van der Waals surface area contributed by atoms with Crippen LogP contribution >= 0.6 is 11.8 Å². The van der Waals surface area contributed by atoms with Gasteiger partial charge in [-0.15, -0.1) is 11.8 Å². The number of carbonyl (C=O) groups excluding carboxylic acids is 1. The number of benzene rings is 1. The minimum Gasteiger partial charge on any atom is -0.494 e. The number of amides is 1. The predicted molar refractivity (Wildman–Crippen MR) is 78.9 cm³/mol. The van der Waals surface area contributed by atoms with Gasteiger partial charge in [-0.2, -0.15) is 0 Å². The van der Waals surface area contributed by atoms with Gasteiger partial charge in [0.15, 0.2) is 0 Å². The highest BCUT2D eigenvalue weighted by molar-refractivity contribution is 7.99. The molecule has 0 atom stereocenters. The standard InChI is InChI=1S/C13H21N3O2S/c1-4-18-9-5-6-10(14)11(7-9)19-8-13(2,3)12(17)16-15/h5-7H,4,8,14-15H2,1-3H3,(H,16,17). The van der Waals surface area contributed by atoms with Crippen molar-refractivity contribution in [2.45, 2.75) is 25.7 Å². The first kappa shape index (κ1) is 15.7. The minimum atomic E-state index is -0.562. The van der Waals surface area contributed by atoms with Crippen molar-refractivity contribution in [1.29, 1.82) is 0 Å². The number of rotatable bonds is 6. The maximum absolute atomic E-state index is 11.6. The van der Waals surface area contributed by atoms with Gasteiger partial charge < -0.3 is 10.5 Å². The summed E-state index contributed by atoms with van der Waals surface area (Å²) in [5.41, 5.74) is 8.22. The molecule has 0 saturated heterocycles. The van der Waals surface area contributed by atoms with Gasteiger partial charge >= 0.3 is 0 Å². The van der Waals surface area contributed by atoms with E-state index >= 15 is 0 Å². The molecule has 1 rings (SSSR count). The molecule has 0 spiro atoms. The van der Waals surface area contributed by atoms with Crippen LogP contribution in [0.3, 0.4) is 0 Å². The van der Waals surface area contributed by atoms with Crippen molar-refractivity contribution in [2.24, 2.45) is 11.3 Å². The third kappa shape index (κ3) is 4.33. The lowest BCUT2D eigenvalue weighted by atomic mass is 9.96. The number of hydrazine groups is 1. The number of nitrogens with one attached hydrogen (secondary N) is 1. The van der Waals surface area contributed by atoms with Crippen molar-refractivity contribution in [2.75, 3.05) is 18.1 Å². The average Bonchev–Trinajstić information content (AvgIpc) is 2.38. The van der Waals surface area contributed by atoms with Crippen LogP contribution in [0, 0.1) is 5.41 Å². The summed E-state index contributed by atoms with van der Waals surface area (Å²) in [6.45, 7) is 6.21. The molecule has 106 valence electrons. The zero-order chi connectivity index (χ0) is 14.5. The molecule has 6 heteroatoms. The van der Waals surface area contributed by atoms with Gasteiger partial charge in [0.2, 0.25) is 5.91 Å². The van der Waals surface area contributed by atoms with Gasteiger partial charge in [0.25, 0.3) is 0 Å². The second kappa shape index (κ2) is 6.68. The van der Waals surface area contributed by atoms with Gasteiger partial charge in [0, 0.05) is 16.3 Å². The Labute approximate surface area is 118 Å². The highest BCUT2D eigenvalue weighted by Gasteiger charge is 2.27. The van der Waals surface area contributed by atoms with E-state index in [4.69, 9.17) is 16.3 Å². The van der Waals surface area contributed by atoms with E-state index in [1.807, 2.05) is 39.0 Å². The van der Waals surface area contributed by atoms with Crippen LogP contribution in [0.5, 0.6) is 5.75 Å². The van der Waals surface area contributed by atoms with E-state index < -0.39 is 5.41 Å². The lowest BCUT2D eigenvalue weighted by Crippen LogP contribution is -2.42.